The van der Waals surface area contributed by atoms with Crippen LogP contribution < -0.4 is 21.2 Å². The van der Waals surface area contributed by atoms with Crippen molar-refractivity contribution in [3.8, 4) is 0 Å². The van der Waals surface area contributed by atoms with E-state index in [9.17, 15) is 0 Å². The average Bonchev–Trinajstić information content (AvgIpc) is 2.88. The van der Waals surface area contributed by atoms with Crippen LogP contribution in [-0.2, 0) is 6.42 Å². The zero-order valence-corrected chi connectivity index (χ0v) is 20.1. The van der Waals surface area contributed by atoms with Gasteiger partial charge < -0.3 is 5.32 Å². The highest BCUT2D eigenvalue weighted by Crippen LogP contribution is 2.38. The van der Waals surface area contributed by atoms with Crippen molar-refractivity contribution in [3.63, 3.8) is 0 Å². The van der Waals surface area contributed by atoms with Crippen molar-refractivity contribution in [1.82, 2.24) is 0 Å². The fourth-order valence-electron chi connectivity index (χ4n) is 4.94. The molecule has 1 saturated carbocycles. The van der Waals surface area contributed by atoms with Crippen LogP contribution in [0.2, 0.25) is 0 Å². The number of hydrogen-bond donors (Lipinski definition) is 1. The molecule has 0 unspecified atom stereocenters. The molecule has 4 aromatic rings. The van der Waals surface area contributed by atoms with Crippen molar-refractivity contribution in [2.75, 3.05) is 5.32 Å². The third kappa shape index (κ3) is 5.37. The number of nitrogens with one attached hydrogen (secondary N) is 1. The Kier molecular flexibility index (Phi) is 7.19. The molecule has 0 aromatic heterocycles. The van der Waals surface area contributed by atoms with E-state index >= 15 is 0 Å². The molecular weight excluding hydrogens is 417 g/mol. The van der Waals surface area contributed by atoms with Crippen molar-refractivity contribution in [1.29, 1.82) is 0 Å². The number of anilines is 1. The SMILES string of the molecule is c1ccc(Cc2cccc(P(c3ccccc3)c3ccccc3)c2NC2CCCCC2)cc1. The summed E-state index contributed by atoms with van der Waals surface area (Å²) in [6.07, 6.45) is 7.54. The molecule has 0 saturated heterocycles. The normalized spacial score (nSPS) is 14.3. The van der Waals surface area contributed by atoms with Gasteiger partial charge in [-0.25, -0.2) is 0 Å². The summed E-state index contributed by atoms with van der Waals surface area (Å²) in [6.45, 7) is 0. The Hall–Kier alpha value is -2.89. The van der Waals surface area contributed by atoms with Gasteiger partial charge in [0.1, 0.15) is 0 Å². The second-order valence-electron chi connectivity index (χ2n) is 8.96. The Morgan fingerprint density at radius 2 is 1.18 bits per heavy atom. The van der Waals surface area contributed by atoms with E-state index in [2.05, 4.69) is 115 Å². The largest absolute Gasteiger partial charge is 0.382 e. The number of rotatable bonds is 7. The van der Waals surface area contributed by atoms with Gasteiger partial charge in [-0.15, -0.1) is 0 Å². The topological polar surface area (TPSA) is 12.0 Å². The van der Waals surface area contributed by atoms with Gasteiger partial charge in [0.25, 0.3) is 0 Å². The van der Waals surface area contributed by atoms with Crippen molar-refractivity contribution in [2.45, 2.75) is 44.6 Å². The van der Waals surface area contributed by atoms with Crippen LogP contribution in [-0.4, -0.2) is 6.04 Å². The molecule has 5 rings (SSSR count). The van der Waals surface area contributed by atoms with Gasteiger partial charge in [0, 0.05) is 17.0 Å². The Bertz CT molecular complexity index is 1100. The molecule has 1 aliphatic rings. The zero-order valence-electron chi connectivity index (χ0n) is 19.2. The highest BCUT2D eigenvalue weighted by atomic mass is 31.1. The molecule has 1 fully saturated rings. The molecule has 2 heteroatoms. The molecule has 0 radical (unpaired) electrons. The van der Waals surface area contributed by atoms with E-state index in [1.807, 2.05) is 0 Å². The van der Waals surface area contributed by atoms with Gasteiger partial charge >= 0.3 is 0 Å². The van der Waals surface area contributed by atoms with Crippen LogP contribution in [0.15, 0.2) is 109 Å². The van der Waals surface area contributed by atoms with E-state index in [1.54, 1.807) is 0 Å². The second kappa shape index (κ2) is 10.8. The Labute approximate surface area is 199 Å². The average molecular weight is 450 g/mol. The predicted octanol–water partition coefficient (Wildman–Crippen LogP) is 6.78. The maximum atomic E-state index is 4.07. The summed E-state index contributed by atoms with van der Waals surface area (Å²) < 4.78 is 0. The van der Waals surface area contributed by atoms with E-state index in [4.69, 9.17) is 0 Å². The lowest BCUT2D eigenvalue weighted by atomic mass is 9.94. The lowest BCUT2D eigenvalue weighted by Crippen LogP contribution is -2.29. The first-order chi connectivity index (χ1) is 16.4. The van der Waals surface area contributed by atoms with Crippen LogP contribution in [0.5, 0.6) is 0 Å². The third-order valence-electron chi connectivity index (χ3n) is 6.59. The minimum Gasteiger partial charge on any atom is -0.382 e. The first kappa shape index (κ1) is 21.9. The van der Waals surface area contributed by atoms with Crippen molar-refractivity contribution >= 4 is 29.5 Å². The summed E-state index contributed by atoms with van der Waals surface area (Å²) in [5.41, 5.74) is 4.14. The lowest BCUT2D eigenvalue weighted by Gasteiger charge is -2.30. The van der Waals surface area contributed by atoms with Crippen LogP contribution in [0.25, 0.3) is 0 Å². The molecule has 0 spiro atoms. The fourth-order valence-corrected chi connectivity index (χ4v) is 7.40. The minimum atomic E-state index is -0.647. The Balaban J connectivity index is 1.63. The summed E-state index contributed by atoms with van der Waals surface area (Å²) in [6, 6.07) is 40.5. The summed E-state index contributed by atoms with van der Waals surface area (Å²) >= 11 is 0. The number of benzene rings is 4. The first-order valence-corrected chi connectivity index (χ1v) is 13.6. The van der Waals surface area contributed by atoms with Gasteiger partial charge in [-0.3, -0.25) is 0 Å². The van der Waals surface area contributed by atoms with E-state index in [1.165, 1.54) is 64.8 Å². The van der Waals surface area contributed by atoms with Gasteiger partial charge in [0.15, 0.2) is 0 Å². The highest BCUT2D eigenvalue weighted by molar-refractivity contribution is 7.80. The Morgan fingerprint density at radius 1 is 0.606 bits per heavy atom. The maximum absolute atomic E-state index is 4.07. The molecule has 4 aromatic carbocycles. The van der Waals surface area contributed by atoms with Crippen LogP contribution in [0.3, 0.4) is 0 Å². The molecule has 0 heterocycles. The van der Waals surface area contributed by atoms with Gasteiger partial charge in [-0.2, -0.15) is 0 Å². The zero-order chi connectivity index (χ0) is 22.3. The third-order valence-corrected chi connectivity index (χ3v) is 9.07. The van der Waals surface area contributed by atoms with E-state index in [0.29, 0.717) is 6.04 Å². The molecule has 1 aliphatic carbocycles. The van der Waals surface area contributed by atoms with Crippen molar-refractivity contribution < 1.29 is 0 Å². The molecule has 1 nitrogen and oxygen atoms in total. The van der Waals surface area contributed by atoms with E-state index in [-0.39, 0.29) is 0 Å². The second-order valence-corrected chi connectivity index (χ2v) is 11.1. The van der Waals surface area contributed by atoms with Gasteiger partial charge in [-0.1, -0.05) is 128 Å². The first-order valence-electron chi connectivity index (χ1n) is 12.2. The summed E-state index contributed by atoms with van der Waals surface area (Å²) in [7, 11) is -0.647. The van der Waals surface area contributed by atoms with Crippen LogP contribution >= 0.6 is 7.92 Å². The number of hydrogen-bond acceptors (Lipinski definition) is 1. The molecule has 0 bridgehead atoms. The molecule has 166 valence electrons. The minimum absolute atomic E-state index is 0.567. The van der Waals surface area contributed by atoms with E-state index in [0.717, 1.165) is 6.42 Å². The monoisotopic (exact) mass is 449 g/mol. The van der Waals surface area contributed by atoms with E-state index < -0.39 is 7.92 Å². The van der Waals surface area contributed by atoms with Crippen LogP contribution in [0.4, 0.5) is 5.69 Å². The number of para-hydroxylation sites is 1. The quantitative estimate of drug-likeness (QED) is 0.307. The summed E-state index contributed by atoms with van der Waals surface area (Å²) in [5, 5.41) is 8.33. The Morgan fingerprint density at radius 3 is 1.79 bits per heavy atom. The summed E-state index contributed by atoms with van der Waals surface area (Å²) in [5.74, 6) is 0. The predicted molar refractivity (Wildman–Crippen MR) is 145 cm³/mol. The van der Waals surface area contributed by atoms with Gasteiger partial charge in [-0.05, 0) is 48.9 Å². The molecular formula is C31H32NP. The molecule has 0 amide bonds. The standard InChI is InChI=1S/C31H32NP/c1-5-14-25(15-6-1)24-26-16-13-23-30(31(26)32-27-17-7-2-8-18-27)33(28-19-9-3-10-20-28)29-21-11-4-12-22-29/h1,3-6,9-16,19-23,27,32H,2,7-8,17-18,24H2. The van der Waals surface area contributed by atoms with Gasteiger partial charge in [0.05, 0.1) is 0 Å². The lowest BCUT2D eigenvalue weighted by molar-refractivity contribution is 0.462. The maximum Gasteiger partial charge on any atom is 0.0463 e. The fraction of sp³-hybridized carbons (Fsp3) is 0.226. The van der Waals surface area contributed by atoms with Crippen molar-refractivity contribution in [2.24, 2.45) is 0 Å². The molecule has 33 heavy (non-hydrogen) atoms. The van der Waals surface area contributed by atoms with Crippen LogP contribution in [0, 0.1) is 0 Å². The smallest absolute Gasteiger partial charge is 0.0463 e. The molecule has 0 aliphatic heterocycles. The summed E-state index contributed by atoms with van der Waals surface area (Å²) in [4.78, 5) is 0. The highest BCUT2D eigenvalue weighted by Gasteiger charge is 2.23. The van der Waals surface area contributed by atoms with Crippen molar-refractivity contribution in [3.05, 3.63) is 120 Å². The van der Waals surface area contributed by atoms with Gasteiger partial charge in [0.2, 0.25) is 0 Å². The van der Waals surface area contributed by atoms with Crippen LogP contribution in [0.1, 0.15) is 43.2 Å². The molecule has 1 N–H and O–H groups in total. The molecule has 0 atom stereocenters.